The van der Waals surface area contributed by atoms with E-state index in [1.807, 2.05) is 0 Å². The lowest BCUT2D eigenvalue weighted by atomic mass is 10.0. The van der Waals surface area contributed by atoms with E-state index in [2.05, 4.69) is 5.32 Å². The van der Waals surface area contributed by atoms with Gasteiger partial charge in [-0.1, -0.05) is 13.8 Å². The van der Waals surface area contributed by atoms with Crippen LogP contribution in [-0.2, 0) is 14.3 Å². The van der Waals surface area contributed by atoms with E-state index in [1.54, 1.807) is 34.6 Å². The number of hydrogen-bond donors (Lipinski definition) is 1. The van der Waals surface area contributed by atoms with Crippen LogP contribution in [0.3, 0.4) is 0 Å². The van der Waals surface area contributed by atoms with Gasteiger partial charge in [-0.05, 0) is 39.5 Å². The Labute approximate surface area is 131 Å². The summed E-state index contributed by atoms with van der Waals surface area (Å²) in [7, 11) is 0. The molecule has 1 aliphatic heterocycles. The first-order valence-corrected chi connectivity index (χ1v) is 7.54. The molecular weight excluding hydrogens is 288 g/mol. The summed E-state index contributed by atoms with van der Waals surface area (Å²) in [5.74, 6) is -1.86. The molecule has 0 aromatic carbocycles. The highest BCUT2D eigenvalue weighted by atomic mass is 16.6. The minimum absolute atomic E-state index is 0.192. The number of carbonyl (C=O) groups excluding carboxylic acids is 3. The first-order chi connectivity index (χ1) is 10.0. The number of rotatable bonds is 4. The van der Waals surface area contributed by atoms with Gasteiger partial charge in [0.15, 0.2) is 0 Å². The molecule has 1 fully saturated rings. The molecule has 2 atom stereocenters. The highest BCUT2D eigenvalue weighted by Crippen LogP contribution is 2.20. The fourth-order valence-corrected chi connectivity index (χ4v) is 2.40. The number of aliphatic carboxylic acids is 1. The van der Waals surface area contributed by atoms with Crippen LogP contribution in [0.5, 0.6) is 0 Å². The summed E-state index contributed by atoms with van der Waals surface area (Å²) in [6.45, 7) is 9.10. The number of alkyl carbamates (subject to hydrolysis) is 1. The summed E-state index contributed by atoms with van der Waals surface area (Å²) in [5, 5.41) is 13.6. The van der Waals surface area contributed by atoms with E-state index in [4.69, 9.17) is 4.74 Å². The molecule has 1 aliphatic rings. The molecule has 0 saturated carbocycles. The van der Waals surface area contributed by atoms with E-state index < -0.39 is 35.7 Å². The summed E-state index contributed by atoms with van der Waals surface area (Å²) in [6, 6.07) is -1.75. The Balaban J connectivity index is 2.80. The summed E-state index contributed by atoms with van der Waals surface area (Å²) in [4.78, 5) is 36.8. The zero-order chi connectivity index (χ0) is 17.1. The number of amides is 2. The summed E-state index contributed by atoms with van der Waals surface area (Å²) < 4.78 is 5.16. The summed E-state index contributed by atoms with van der Waals surface area (Å²) in [6.07, 6.45) is 0.302. The quantitative estimate of drug-likeness (QED) is 0.803. The van der Waals surface area contributed by atoms with Gasteiger partial charge >= 0.3 is 6.09 Å². The number of nitrogens with one attached hydrogen (secondary N) is 1. The average molecular weight is 313 g/mol. The normalized spacial score (nSPS) is 19.9. The van der Waals surface area contributed by atoms with E-state index in [1.165, 1.54) is 4.90 Å². The minimum Gasteiger partial charge on any atom is -0.548 e. The highest BCUT2D eigenvalue weighted by molar-refractivity contribution is 5.89. The van der Waals surface area contributed by atoms with Crippen molar-refractivity contribution in [1.82, 2.24) is 10.2 Å². The molecule has 7 nitrogen and oxygen atoms in total. The molecule has 1 heterocycles. The van der Waals surface area contributed by atoms with Gasteiger partial charge in [0, 0.05) is 6.54 Å². The molecule has 0 spiro atoms. The third-order valence-corrected chi connectivity index (χ3v) is 3.41. The SMILES string of the molecule is CC(C)[C@@H](NC(=O)OC(C)(C)C)C(=O)N1CCC[C@@H]1C(=O)[O-]. The Hall–Kier alpha value is -1.79. The van der Waals surface area contributed by atoms with Gasteiger partial charge in [0.2, 0.25) is 5.91 Å². The van der Waals surface area contributed by atoms with Crippen LogP contribution >= 0.6 is 0 Å². The van der Waals surface area contributed by atoms with Crippen molar-refractivity contribution in [3.05, 3.63) is 0 Å². The Morgan fingerprint density at radius 3 is 2.32 bits per heavy atom. The Morgan fingerprint density at radius 1 is 1.27 bits per heavy atom. The van der Waals surface area contributed by atoms with E-state index in [9.17, 15) is 19.5 Å². The molecule has 1 N–H and O–H groups in total. The molecule has 22 heavy (non-hydrogen) atoms. The fourth-order valence-electron chi connectivity index (χ4n) is 2.40. The lowest BCUT2D eigenvalue weighted by molar-refractivity contribution is -0.310. The molecule has 0 bridgehead atoms. The molecule has 1 saturated heterocycles. The van der Waals surface area contributed by atoms with Crippen LogP contribution in [0.4, 0.5) is 4.79 Å². The van der Waals surface area contributed by atoms with Crippen molar-refractivity contribution < 1.29 is 24.2 Å². The lowest BCUT2D eigenvalue weighted by Crippen LogP contribution is -2.56. The largest absolute Gasteiger partial charge is 0.548 e. The van der Waals surface area contributed by atoms with E-state index in [0.29, 0.717) is 19.4 Å². The van der Waals surface area contributed by atoms with Crippen LogP contribution in [0.1, 0.15) is 47.5 Å². The van der Waals surface area contributed by atoms with Crippen LogP contribution in [0.25, 0.3) is 0 Å². The number of likely N-dealkylation sites (tertiary alicyclic amines) is 1. The second-order valence-electron chi connectivity index (χ2n) is 6.88. The maximum absolute atomic E-state index is 12.6. The molecule has 0 aliphatic carbocycles. The van der Waals surface area contributed by atoms with Crippen molar-refractivity contribution >= 4 is 18.0 Å². The molecule has 0 aromatic heterocycles. The van der Waals surface area contributed by atoms with Crippen molar-refractivity contribution in [2.24, 2.45) is 5.92 Å². The lowest BCUT2D eigenvalue weighted by Gasteiger charge is -2.32. The van der Waals surface area contributed by atoms with Crippen LogP contribution in [0.15, 0.2) is 0 Å². The topological polar surface area (TPSA) is 98.8 Å². The number of carboxylic acids is 1. The van der Waals surface area contributed by atoms with Gasteiger partial charge in [0.05, 0.1) is 12.0 Å². The Morgan fingerprint density at radius 2 is 1.86 bits per heavy atom. The third-order valence-electron chi connectivity index (χ3n) is 3.41. The minimum atomic E-state index is -1.26. The zero-order valence-electron chi connectivity index (χ0n) is 13.8. The van der Waals surface area contributed by atoms with Gasteiger partial charge in [-0.15, -0.1) is 0 Å². The molecule has 0 aromatic rings. The van der Waals surface area contributed by atoms with Crippen molar-refractivity contribution in [2.45, 2.75) is 65.1 Å². The maximum Gasteiger partial charge on any atom is 0.408 e. The summed E-state index contributed by atoms with van der Waals surface area (Å²) >= 11 is 0. The molecule has 7 heteroatoms. The van der Waals surface area contributed by atoms with Crippen molar-refractivity contribution in [1.29, 1.82) is 0 Å². The van der Waals surface area contributed by atoms with Crippen LogP contribution in [-0.4, -0.2) is 47.1 Å². The van der Waals surface area contributed by atoms with Crippen LogP contribution in [0.2, 0.25) is 0 Å². The van der Waals surface area contributed by atoms with E-state index in [0.717, 1.165) is 0 Å². The van der Waals surface area contributed by atoms with Crippen molar-refractivity contribution in [3.8, 4) is 0 Å². The van der Waals surface area contributed by atoms with Crippen LogP contribution < -0.4 is 10.4 Å². The molecule has 0 unspecified atom stereocenters. The first-order valence-electron chi connectivity index (χ1n) is 7.54. The van der Waals surface area contributed by atoms with Crippen molar-refractivity contribution in [3.63, 3.8) is 0 Å². The van der Waals surface area contributed by atoms with Gasteiger partial charge in [-0.3, -0.25) is 4.79 Å². The van der Waals surface area contributed by atoms with Gasteiger partial charge in [-0.2, -0.15) is 0 Å². The van der Waals surface area contributed by atoms with Crippen molar-refractivity contribution in [2.75, 3.05) is 6.54 Å². The maximum atomic E-state index is 12.6. The Bertz CT molecular complexity index is 442. The van der Waals surface area contributed by atoms with Gasteiger partial charge in [0.25, 0.3) is 0 Å². The first kappa shape index (κ1) is 18.3. The van der Waals surface area contributed by atoms with E-state index >= 15 is 0 Å². The summed E-state index contributed by atoms with van der Waals surface area (Å²) in [5.41, 5.74) is -0.671. The predicted molar refractivity (Wildman–Crippen MR) is 77.7 cm³/mol. The predicted octanol–water partition coefficient (Wildman–Crippen LogP) is 0.277. The molecule has 2 amide bonds. The van der Waals surface area contributed by atoms with E-state index in [-0.39, 0.29) is 5.92 Å². The third kappa shape index (κ3) is 4.89. The Kier molecular flexibility index (Phi) is 5.79. The second-order valence-corrected chi connectivity index (χ2v) is 6.88. The number of nitrogens with zero attached hydrogens (tertiary/aromatic N) is 1. The standard InChI is InChI=1S/C15H26N2O5/c1-9(2)11(16-14(21)22-15(3,4)5)12(18)17-8-6-7-10(17)13(19)20/h9-11H,6-8H2,1-5H3,(H,16,21)(H,19,20)/p-1/t10-,11-/m1/s1. The van der Waals surface area contributed by atoms with Crippen LogP contribution in [0, 0.1) is 5.92 Å². The number of ether oxygens (including phenoxy) is 1. The molecule has 1 rings (SSSR count). The van der Waals surface area contributed by atoms with Gasteiger partial charge in [-0.25, -0.2) is 4.79 Å². The molecule has 126 valence electrons. The molecular formula is C15H25N2O5-. The monoisotopic (exact) mass is 313 g/mol. The number of carboxylic acid groups (broad SMARTS) is 1. The van der Waals surface area contributed by atoms with Gasteiger partial charge in [0.1, 0.15) is 11.6 Å². The fraction of sp³-hybridized carbons (Fsp3) is 0.800. The zero-order valence-corrected chi connectivity index (χ0v) is 13.8. The average Bonchev–Trinajstić information content (AvgIpc) is 2.81. The number of carbonyl (C=O) groups is 3. The second kappa shape index (κ2) is 6.98. The highest BCUT2D eigenvalue weighted by Gasteiger charge is 2.36. The number of hydrogen-bond acceptors (Lipinski definition) is 5. The van der Waals surface area contributed by atoms with Gasteiger partial charge < -0.3 is 24.9 Å². The smallest absolute Gasteiger partial charge is 0.408 e. The molecule has 0 radical (unpaired) electrons.